The highest BCUT2D eigenvalue weighted by atomic mass is 16.5. The van der Waals surface area contributed by atoms with Gasteiger partial charge in [-0.15, -0.1) is 0 Å². The fourth-order valence-corrected chi connectivity index (χ4v) is 4.22. The van der Waals surface area contributed by atoms with Crippen molar-refractivity contribution in [1.82, 2.24) is 9.88 Å². The van der Waals surface area contributed by atoms with Crippen molar-refractivity contribution in [3.05, 3.63) is 41.8 Å². The zero-order valence-corrected chi connectivity index (χ0v) is 15.1. The van der Waals surface area contributed by atoms with Gasteiger partial charge in [0.1, 0.15) is 5.76 Å². The fraction of sp³-hybridized carbons (Fsp3) is 0.571. The molecule has 4 rings (SSSR count). The van der Waals surface area contributed by atoms with Gasteiger partial charge in [0.15, 0.2) is 0 Å². The Bertz CT molecular complexity index is 676. The van der Waals surface area contributed by atoms with E-state index in [9.17, 15) is 0 Å². The Labute approximate surface area is 150 Å². The molecule has 4 nitrogen and oxygen atoms in total. The number of piperidine rings is 1. The van der Waals surface area contributed by atoms with E-state index in [2.05, 4.69) is 17.0 Å². The highest BCUT2D eigenvalue weighted by Gasteiger charge is 2.26. The summed E-state index contributed by atoms with van der Waals surface area (Å²) in [6.45, 7) is 7.22. The van der Waals surface area contributed by atoms with Crippen LogP contribution in [0, 0.1) is 18.8 Å². The van der Waals surface area contributed by atoms with Crippen molar-refractivity contribution in [2.75, 3.05) is 26.3 Å². The summed E-state index contributed by atoms with van der Waals surface area (Å²) in [6.07, 6.45) is 5.23. The van der Waals surface area contributed by atoms with Gasteiger partial charge in [-0.05, 0) is 63.1 Å². The van der Waals surface area contributed by atoms with Crippen LogP contribution in [0.4, 0.5) is 0 Å². The summed E-state index contributed by atoms with van der Waals surface area (Å²) in [5.74, 6) is 3.28. The summed E-state index contributed by atoms with van der Waals surface area (Å²) < 4.78 is 11.5. The number of likely N-dealkylation sites (tertiary alicyclic amines) is 1. The average Bonchev–Trinajstić information content (AvgIpc) is 3.26. The Morgan fingerprint density at radius 2 is 2.04 bits per heavy atom. The number of ether oxygens (including phenoxy) is 1. The van der Waals surface area contributed by atoms with Crippen LogP contribution in [0.15, 0.2) is 34.7 Å². The van der Waals surface area contributed by atoms with E-state index in [0.29, 0.717) is 0 Å². The first-order chi connectivity index (χ1) is 12.3. The monoisotopic (exact) mass is 340 g/mol. The van der Waals surface area contributed by atoms with Gasteiger partial charge in [-0.2, -0.15) is 0 Å². The van der Waals surface area contributed by atoms with Crippen molar-refractivity contribution in [1.29, 1.82) is 0 Å². The molecule has 134 valence electrons. The van der Waals surface area contributed by atoms with E-state index < -0.39 is 0 Å². The molecule has 0 N–H and O–H groups in total. The van der Waals surface area contributed by atoms with Crippen LogP contribution in [0.5, 0.6) is 0 Å². The number of hydrogen-bond donors (Lipinski definition) is 0. The molecular weight excluding hydrogens is 312 g/mol. The Hall–Kier alpha value is -1.65. The van der Waals surface area contributed by atoms with Crippen LogP contribution in [0.1, 0.15) is 37.1 Å². The van der Waals surface area contributed by atoms with E-state index >= 15 is 0 Å². The third-order valence-corrected chi connectivity index (χ3v) is 5.58. The molecule has 25 heavy (non-hydrogen) atoms. The lowest BCUT2D eigenvalue weighted by molar-refractivity contribution is 0.137. The summed E-state index contributed by atoms with van der Waals surface area (Å²) in [5.41, 5.74) is 2.14. The Kier molecular flexibility index (Phi) is 5.18. The minimum Gasteiger partial charge on any atom is -0.441 e. The van der Waals surface area contributed by atoms with Crippen LogP contribution in [0.25, 0.3) is 11.5 Å². The molecule has 3 heterocycles. The average molecular weight is 340 g/mol. The van der Waals surface area contributed by atoms with Crippen LogP contribution in [-0.2, 0) is 11.3 Å². The van der Waals surface area contributed by atoms with Gasteiger partial charge in [-0.25, -0.2) is 4.98 Å². The van der Waals surface area contributed by atoms with Crippen molar-refractivity contribution < 1.29 is 9.15 Å². The normalized spacial score (nSPS) is 24.7. The minimum absolute atomic E-state index is 0.741. The largest absolute Gasteiger partial charge is 0.441 e. The topological polar surface area (TPSA) is 38.5 Å². The van der Waals surface area contributed by atoms with E-state index in [1.54, 1.807) is 0 Å². The molecular formula is C21H28N2O2. The van der Waals surface area contributed by atoms with E-state index in [1.165, 1.54) is 38.8 Å². The molecule has 0 amide bonds. The van der Waals surface area contributed by atoms with Crippen molar-refractivity contribution in [2.45, 2.75) is 39.2 Å². The first-order valence-electron chi connectivity index (χ1n) is 9.60. The Morgan fingerprint density at radius 1 is 1.16 bits per heavy atom. The van der Waals surface area contributed by atoms with Gasteiger partial charge in [0.2, 0.25) is 5.89 Å². The highest BCUT2D eigenvalue weighted by molar-refractivity contribution is 5.53. The second-order valence-electron chi connectivity index (χ2n) is 7.60. The highest BCUT2D eigenvalue weighted by Crippen LogP contribution is 2.29. The van der Waals surface area contributed by atoms with E-state index in [1.807, 2.05) is 25.1 Å². The second kappa shape index (κ2) is 7.71. The van der Waals surface area contributed by atoms with Gasteiger partial charge in [-0.1, -0.05) is 18.2 Å². The van der Waals surface area contributed by atoms with Crippen molar-refractivity contribution >= 4 is 0 Å². The maximum Gasteiger partial charge on any atom is 0.226 e. The summed E-state index contributed by atoms with van der Waals surface area (Å²) in [7, 11) is 0. The lowest BCUT2D eigenvalue weighted by Gasteiger charge is -2.33. The maximum atomic E-state index is 5.92. The standard InChI is InChI=1S/C21H28N2O2/c1-16-20(22-21(25-16)19-7-3-2-4-8-19)14-23-10-5-6-17(13-23)12-18-9-11-24-15-18/h2-4,7-8,17-18H,5-6,9-15H2,1H3. The summed E-state index contributed by atoms with van der Waals surface area (Å²) in [6, 6.07) is 10.2. The lowest BCUT2D eigenvalue weighted by atomic mass is 9.88. The molecule has 4 heteroatoms. The SMILES string of the molecule is Cc1oc(-c2ccccc2)nc1CN1CCCC(CC2CCOC2)C1. The van der Waals surface area contributed by atoms with Gasteiger partial charge in [-0.3, -0.25) is 4.90 Å². The third-order valence-electron chi connectivity index (χ3n) is 5.58. The predicted molar refractivity (Wildman–Crippen MR) is 98.2 cm³/mol. The Balaban J connectivity index is 1.39. The molecule has 2 unspecified atom stereocenters. The van der Waals surface area contributed by atoms with Gasteiger partial charge in [0.05, 0.1) is 5.69 Å². The number of rotatable bonds is 5. The second-order valence-corrected chi connectivity index (χ2v) is 7.60. The lowest BCUT2D eigenvalue weighted by Crippen LogP contribution is -2.36. The third kappa shape index (κ3) is 4.13. The molecule has 0 bridgehead atoms. The first-order valence-corrected chi connectivity index (χ1v) is 9.60. The molecule has 1 aromatic heterocycles. The van der Waals surface area contributed by atoms with Crippen molar-refractivity contribution in [3.63, 3.8) is 0 Å². The van der Waals surface area contributed by atoms with Gasteiger partial charge in [0, 0.05) is 31.9 Å². The molecule has 1 aromatic carbocycles. The van der Waals surface area contributed by atoms with Crippen LogP contribution < -0.4 is 0 Å². The number of aromatic nitrogens is 1. The van der Waals surface area contributed by atoms with E-state index in [0.717, 1.165) is 54.5 Å². The van der Waals surface area contributed by atoms with Crippen LogP contribution in [0.3, 0.4) is 0 Å². The molecule has 0 aliphatic carbocycles. The Morgan fingerprint density at radius 3 is 2.84 bits per heavy atom. The number of nitrogens with zero attached hydrogens (tertiary/aromatic N) is 2. The van der Waals surface area contributed by atoms with Crippen molar-refractivity contribution in [2.24, 2.45) is 11.8 Å². The molecule has 0 spiro atoms. The molecule has 0 radical (unpaired) electrons. The van der Waals surface area contributed by atoms with E-state index in [-0.39, 0.29) is 0 Å². The summed E-state index contributed by atoms with van der Waals surface area (Å²) in [5, 5.41) is 0. The summed E-state index contributed by atoms with van der Waals surface area (Å²) in [4.78, 5) is 7.33. The maximum absolute atomic E-state index is 5.92. The van der Waals surface area contributed by atoms with E-state index in [4.69, 9.17) is 14.1 Å². The summed E-state index contributed by atoms with van der Waals surface area (Å²) >= 11 is 0. The number of aryl methyl sites for hydroxylation is 1. The first kappa shape index (κ1) is 16.8. The van der Waals surface area contributed by atoms with Gasteiger partial charge < -0.3 is 9.15 Å². The number of oxazole rings is 1. The quantitative estimate of drug-likeness (QED) is 0.814. The number of hydrogen-bond acceptors (Lipinski definition) is 4. The molecule has 2 aliphatic heterocycles. The van der Waals surface area contributed by atoms with Gasteiger partial charge in [0.25, 0.3) is 0 Å². The zero-order chi connectivity index (χ0) is 17.1. The molecule has 2 aliphatic rings. The van der Waals surface area contributed by atoms with Gasteiger partial charge >= 0.3 is 0 Å². The van der Waals surface area contributed by atoms with Crippen molar-refractivity contribution in [3.8, 4) is 11.5 Å². The molecule has 2 atom stereocenters. The molecule has 2 fully saturated rings. The number of benzene rings is 1. The molecule has 2 aromatic rings. The minimum atomic E-state index is 0.741. The predicted octanol–water partition coefficient (Wildman–Crippen LogP) is 4.29. The zero-order valence-electron chi connectivity index (χ0n) is 15.1. The van der Waals surface area contributed by atoms with Crippen LogP contribution in [0.2, 0.25) is 0 Å². The fourth-order valence-electron chi connectivity index (χ4n) is 4.22. The smallest absolute Gasteiger partial charge is 0.226 e. The molecule has 2 saturated heterocycles. The van der Waals surface area contributed by atoms with Crippen LogP contribution in [-0.4, -0.2) is 36.2 Å². The molecule has 0 saturated carbocycles. The van der Waals surface area contributed by atoms with Crippen LogP contribution >= 0.6 is 0 Å².